The number of benzene rings is 2. The zero-order chi connectivity index (χ0) is 22.8. The molecule has 2 amide bonds. The molecule has 0 saturated carbocycles. The zero-order valence-corrected chi connectivity index (χ0v) is 17.5. The molecule has 1 unspecified atom stereocenters. The van der Waals surface area contributed by atoms with Gasteiger partial charge in [-0.3, -0.25) is 9.59 Å². The predicted octanol–water partition coefficient (Wildman–Crippen LogP) is 3.49. The van der Waals surface area contributed by atoms with Gasteiger partial charge >= 0.3 is 6.18 Å². The number of amides is 2. The number of likely N-dealkylation sites (tertiary alicyclic amines) is 1. The monoisotopic (exact) mass is 454 g/mol. The van der Waals surface area contributed by atoms with Crippen molar-refractivity contribution >= 4 is 27.3 Å². The summed E-state index contributed by atoms with van der Waals surface area (Å²) >= 11 is 0. The number of sulfone groups is 1. The van der Waals surface area contributed by atoms with Crippen LogP contribution >= 0.6 is 0 Å². The van der Waals surface area contributed by atoms with Crippen LogP contribution in [-0.2, 0) is 32.1 Å². The van der Waals surface area contributed by atoms with E-state index in [2.05, 4.69) is 5.32 Å². The number of carbonyl (C=O) groups is 2. The number of anilines is 1. The molecular formula is C21H21F3N2O4S. The second-order valence-electron chi connectivity index (χ2n) is 7.29. The first-order chi connectivity index (χ1) is 14.5. The fraction of sp³-hybridized carbons (Fsp3) is 0.333. The van der Waals surface area contributed by atoms with E-state index >= 15 is 0 Å². The molecule has 1 aliphatic rings. The van der Waals surface area contributed by atoms with Crippen molar-refractivity contribution in [3.8, 4) is 0 Å². The number of nitrogens with one attached hydrogen (secondary N) is 1. The van der Waals surface area contributed by atoms with Crippen molar-refractivity contribution in [2.75, 3.05) is 17.6 Å². The summed E-state index contributed by atoms with van der Waals surface area (Å²) in [5, 5.41) is 2.65. The third kappa shape index (κ3) is 5.43. The van der Waals surface area contributed by atoms with Crippen LogP contribution in [0.15, 0.2) is 53.4 Å². The third-order valence-corrected chi connectivity index (χ3v) is 6.82. The quantitative estimate of drug-likeness (QED) is 0.725. The van der Waals surface area contributed by atoms with Crippen LogP contribution in [0.5, 0.6) is 0 Å². The molecule has 2 aromatic carbocycles. The smallest absolute Gasteiger partial charge is 0.338 e. The van der Waals surface area contributed by atoms with E-state index in [0.717, 1.165) is 12.1 Å². The van der Waals surface area contributed by atoms with Crippen molar-refractivity contribution in [2.45, 2.75) is 31.0 Å². The standard InChI is InChI=1S/C21H21F3N2O4S/c1-2-31(29,30)18-8-6-17(7-9-18)25-20(28)15-11-19(27)26(13-15)12-14-4-3-5-16(10-14)21(22,23)24/h3-10,15H,2,11-13H2,1H3,(H,25,28). The van der Waals surface area contributed by atoms with Gasteiger partial charge in [-0.2, -0.15) is 13.2 Å². The average molecular weight is 454 g/mol. The second-order valence-corrected chi connectivity index (χ2v) is 9.57. The second kappa shape index (κ2) is 8.70. The van der Waals surface area contributed by atoms with Gasteiger partial charge in [0.05, 0.1) is 22.1 Å². The lowest BCUT2D eigenvalue weighted by Crippen LogP contribution is -2.28. The fourth-order valence-electron chi connectivity index (χ4n) is 3.32. The van der Waals surface area contributed by atoms with Gasteiger partial charge in [-0.1, -0.05) is 19.1 Å². The van der Waals surface area contributed by atoms with Crippen molar-refractivity contribution in [1.82, 2.24) is 4.90 Å². The molecule has 1 N–H and O–H groups in total. The Kier molecular flexibility index (Phi) is 6.40. The van der Waals surface area contributed by atoms with Crippen LogP contribution < -0.4 is 5.32 Å². The van der Waals surface area contributed by atoms with E-state index in [-0.39, 0.29) is 36.1 Å². The molecule has 1 saturated heterocycles. The van der Waals surface area contributed by atoms with Crippen LogP contribution in [0.3, 0.4) is 0 Å². The minimum absolute atomic E-state index is 0.0178. The summed E-state index contributed by atoms with van der Waals surface area (Å²) < 4.78 is 62.3. The van der Waals surface area contributed by atoms with Gasteiger partial charge in [0.2, 0.25) is 11.8 Å². The van der Waals surface area contributed by atoms with E-state index in [9.17, 15) is 31.2 Å². The Morgan fingerprint density at radius 3 is 2.45 bits per heavy atom. The Morgan fingerprint density at radius 1 is 1.16 bits per heavy atom. The number of hydrogen-bond acceptors (Lipinski definition) is 4. The van der Waals surface area contributed by atoms with Gasteiger partial charge in [0.1, 0.15) is 0 Å². The van der Waals surface area contributed by atoms with E-state index in [1.807, 2.05) is 0 Å². The Labute approximate surface area is 178 Å². The zero-order valence-electron chi connectivity index (χ0n) is 16.6. The SMILES string of the molecule is CCS(=O)(=O)c1ccc(NC(=O)C2CC(=O)N(Cc3cccc(C(F)(F)F)c3)C2)cc1. The number of rotatable bonds is 6. The normalized spacial score (nSPS) is 17.1. The minimum atomic E-state index is -4.47. The summed E-state index contributed by atoms with van der Waals surface area (Å²) in [6, 6.07) is 10.5. The number of alkyl halides is 3. The van der Waals surface area contributed by atoms with Gasteiger partial charge in [0.15, 0.2) is 9.84 Å². The molecule has 166 valence electrons. The maximum atomic E-state index is 12.9. The van der Waals surface area contributed by atoms with Crippen molar-refractivity contribution in [2.24, 2.45) is 5.92 Å². The topological polar surface area (TPSA) is 83.5 Å². The average Bonchev–Trinajstić information content (AvgIpc) is 3.08. The molecule has 0 radical (unpaired) electrons. The van der Waals surface area contributed by atoms with Gasteiger partial charge in [-0.25, -0.2) is 8.42 Å². The molecule has 0 spiro atoms. The highest BCUT2D eigenvalue weighted by molar-refractivity contribution is 7.91. The molecule has 0 aliphatic carbocycles. The van der Waals surface area contributed by atoms with Gasteiger partial charge in [-0.15, -0.1) is 0 Å². The van der Waals surface area contributed by atoms with E-state index in [1.54, 1.807) is 0 Å². The molecule has 10 heteroatoms. The first-order valence-corrected chi connectivity index (χ1v) is 11.2. The Balaban J connectivity index is 1.63. The van der Waals surface area contributed by atoms with Crippen LogP contribution in [0.4, 0.5) is 18.9 Å². The molecular weight excluding hydrogens is 433 g/mol. The largest absolute Gasteiger partial charge is 0.416 e. The lowest BCUT2D eigenvalue weighted by molar-refractivity contribution is -0.137. The highest BCUT2D eigenvalue weighted by Gasteiger charge is 2.35. The maximum absolute atomic E-state index is 12.9. The Hall–Kier alpha value is -2.88. The molecule has 0 bridgehead atoms. The van der Waals surface area contributed by atoms with Gasteiger partial charge in [0, 0.05) is 25.2 Å². The van der Waals surface area contributed by atoms with Crippen molar-refractivity contribution in [3.05, 3.63) is 59.7 Å². The molecule has 1 heterocycles. The molecule has 31 heavy (non-hydrogen) atoms. The van der Waals surface area contributed by atoms with Crippen molar-refractivity contribution in [1.29, 1.82) is 0 Å². The van der Waals surface area contributed by atoms with Crippen LogP contribution in [0.1, 0.15) is 24.5 Å². The number of carbonyl (C=O) groups excluding carboxylic acids is 2. The molecule has 3 rings (SSSR count). The Morgan fingerprint density at radius 2 is 1.84 bits per heavy atom. The van der Waals surface area contributed by atoms with Crippen molar-refractivity contribution < 1.29 is 31.2 Å². The van der Waals surface area contributed by atoms with Crippen molar-refractivity contribution in [3.63, 3.8) is 0 Å². The summed E-state index contributed by atoms with van der Waals surface area (Å²) in [5.41, 5.74) is -0.0692. The van der Waals surface area contributed by atoms with Crippen LogP contribution in [0.2, 0.25) is 0 Å². The molecule has 1 fully saturated rings. The number of halogens is 3. The molecule has 1 atom stereocenters. The van der Waals surface area contributed by atoms with Gasteiger partial charge in [-0.05, 0) is 42.0 Å². The lowest BCUT2D eigenvalue weighted by Gasteiger charge is -2.18. The van der Waals surface area contributed by atoms with E-state index in [4.69, 9.17) is 0 Å². The van der Waals surface area contributed by atoms with Crippen LogP contribution in [0.25, 0.3) is 0 Å². The molecule has 0 aromatic heterocycles. The van der Waals surface area contributed by atoms with E-state index in [1.165, 1.54) is 48.2 Å². The lowest BCUT2D eigenvalue weighted by atomic mass is 10.1. The highest BCUT2D eigenvalue weighted by Crippen LogP contribution is 2.30. The van der Waals surface area contributed by atoms with E-state index < -0.39 is 33.4 Å². The predicted molar refractivity (Wildman–Crippen MR) is 108 cm³/mol. The fourth-order valence-corrected chi connectivity index (χ4v) is 4.21. The molecule has 6 nitrogen and oxygen atoms in total. The third-order valence-electron chi connectivity index (χ3n) is 5.07. The molecule has 1 aliphatic heterocycles. The minimum Gasteiger partial charge on any atom is -0.338 e. The van der Waals surface area contributed by atoms with Crippen LogP contribution in [0, 0.1) is 5.92 Å². The van der Waals surface area contributed by atoms with Gasteiger partial charge in [0.25, 0.3) is 0 Å². The first kappa shape index (κ1) is 22.8. The summed E-state index contributed by atoms with van der Waals surface area (Å²) in [6.07, 6.45) is -4.52. The first-order valence-electron chi connectivity index (χ1n) is 9.57. The van der Waals surface area contributed by atoms with Gasteiger partial charge < -0.3 is 10.2 Å². The number of hydrogen-bond donors (Lipinski definition) is 1. The van der Waals surface area contributed by atoms with Crippen LogP contribution in [-0.4, -0.2) is 37.4 Å². The Bertz CT molecular complexity index is 1080. The maximum Gasteiger partial charge on any atom is 0.416 e. The van der Waals surface area contributed by atoms with E-state index in [0.29, 0.717) is 11.3 Å². The summed E-state index contributed by atoms with van der Waals surface area (Å²) in [4.78, 5) is 26.3. The number of nitrogens with zero attached hydrogens (tertiary/aromatic N) is 1. The summed E-state index contributed by atoms with van der Waals surface area (Å²) in [5.74, 6) is -1.42. The summed E-state index contributed by atoms with van der Waals surface area (Å²) in [6.45, 7) is 1.60. The highest BCUT2D eigenvalue weighted by atomic mass is 32.2. The summed E-state index contributed by atoms with van der Waals surface area (Å²) in [7, 11) is -3.35. The molecule has 2 aromatic rings.